The van der Waals surface area contributed by atoms with Crippen LogP contribution in [0.1, 0.15) is 12.5 Å². The number of halogens is 2. The molecule has 1 N–H and O–H groups in total. The van der Waals surface area contributed by atoms with Crippen LogP contribution in [0.2, 0.25) is 0 Å². The molecule has 0 radical (unpaired) electrons. The fraction of sp³-hybridized carbons (Fsp3) is 0.188. The minimum atomic E-state index is -2.94. The highest BCUT2D eigenvalue weighted by Gasteiger charge is 2.12. The Balaban J connectivity index is 1.91. The summed E-state index contributed by atoms with van der Waals surface area (Å²) >= 11 is 5.16. The molecule has 0 spiro atoms. The number of H-pyrrole nitrogens is 1. The molecule has 136 valence electrons. The van der Waals surface area contributed by atoms with Crippen LogP contribution in [0.3, 0.4) is 0 Å². The minimum Gasteiger partial charge on any atom is -0.490 e. The van der Waals surface area contributed by atoms with Crippen LogP contribution in [0.25, 0.3) is 11.6 Å². The number of rotatable bonds is 7. The van der Waals surface area contributed by atoms with Gasteiger partial charge in [0.2, 0.25) is 10.6 Å². The van der Waals surface area contributed by atoms with E-state index in [4.69, 9.17) is 21.4 Å². The number of alkyl halides is 2. The van der Waals surface area contributed by atoms with Crippen LogP contribution in [0, 0.1) is 4.77 Å². The van der Waals surface area contributed by atoms with E-state index in [-0.39, 0.29) is 16.3 Å². The first kappa shape index (κ1) is 17.8. The summed E-state index contributed by atoms with van der Waals surface area (Å²) in [4.78, 5) is 0. The monoisotopic (exact) mass is 380 g/mol. The van der Waals surface area contributed by atoms with Crippen LogP contribution in [-0.2, 0) is 0 Å². The maximum absolute atomic E-state index is 12.5. The summed E-state index contributed by atoms with van der Waals surface area (Å²) in [6.45, 7) is -0.892. The zero-order valence-electron chi connectivity index (χ0n) is 13.6. The number of furan rings is 1. The summed E-state index contributed by atoms with van der Waals surface area (Å²) in [5.74, 6) is 1.04. The van der Waals surface area contributed by atoms with Crippen molar-refractivity contribution >= 4 is 18.4 Å². The summed E-state index contributed by atoms with van der Waals surface area (Å²) < 4.78 is 41.7. The molecule has 0 aliphatic rings. The number of ether oxygens (including phenoxy) is 2. The number of aromatic nitrogens is 3. The van der Waals surface area contributed by atoms with Gasteiger partial charge in [-0.05, 0) is 55.0 Å². The van der Waals surface area contributed by atoms with Crippen LogP contribution in [-0.4, -0.2) is 34.3 Å². The molecule has 0 unspecified atom stereocenters. The summed E-state index contributed by atoms with van der Waals surface area (Å²) in [5.41, 5.74) is 0.601. The van der Waals surface area contributed by atoms with Gasteiger partial charge >= 0.3 is 6.61 Å². The molecule has 0 atom stereocenters. The number of aromatic amines is 1. The first-order valence-electron chi connectivity index (χ1n) is 7.55. The lowest BCUT2D eigenvalue weighted by Crippen LogP contribution is -2.05. The molecule has 0 saturated heterocycles. The molecule has 0 aliphatic carbocycles. The van der Waals surface area contributed by atoms with Crippen molar-refractivity contribution in [1.82, 2.24) is 14.9 Å². The van der Waals surface area contributed by atoms with Crippen molar-refractivity contribution in [1.29, 1.82) is 0 Å². The molecule has 0 fully saturated rings. The van der Waals surface area contributed by atoms with Gasteiger partial charge in [-0.2, -0.15) is 18.6 Å². The summed E-state index contributed by atoms with van der Waals surface area (Å²) in [6.07, 6.45) is 3.00. The lowest BCUT2D eigenvalue weighted by atomic mass is 10.2. The third kappa shape index (κ3) is 3.97. The van der Waals surface area contributed by atoms with E-state index in [2.05, 4.69) is 20.0 Å². The summed E-state index contributed by atoms with van der Waals surface area (Å²) in [6, 6.07) is 7.94. The molecule has 0 bridgehead atoms. The first-order valence-corrected chi connectivity index (χ1v) is 7.96. The van der Waals surface area contributed by atoms with Crippen molar-refractivity contribution < 1.29 is 22.7 Å². The predicted octanol–water partition coefficient (Wildman–Crippen LogP) is 4.08. The molecule has 7 nitrogen and oxygen atoms in total. The average Bonchev–Trinajstić information content (AvgIpc) is 3.24. The van der Waals surface area contributed by atoms with Gasteiger partial charge < -0.3 is 13.9 Å². The minimum absolute atomic E-state index is 0.0461. The number of nitrogens with zero attached hydrogens (tertiary/aromatic N) is 3. The van der Waals surface area contributed by atoms with E-state index in [1.54, 1.807) is 31.2 Å². The number of benzene rings is 1. The normalized spacial score (nSPS) is 11.4. The Morgan fingerprint density at radius 3 is 2.92 bits per heavy atom. The maximum Gasteiger partial charge on any atom is 0.387 e. The summed E-state index contributed by atoms with van der Waals surface area (Å²) in [7, 11) is 0. The van der Waals surface area contributed by atoms with Crippen molar-refractivity contribution in [2.75, 3.05) is 6.61 Å². The molecule has 0 saturated carbocycles. The Kier molecular flexibility index (Phi) is 5.42. The van der Waals surface area contributed by atoms with Gasteiger partial charge in [0.25, 0.3) is 0 Å². The highest BCUT2D eigenvalue weighted by molar-refractivity contribution is 7.71. The molecular weight excluding hydrogens is 366 g/mol. The Labute approximate surface area is 151 Å². The second-order valence-electron chi connectivity index (χ2n) is 4.90. The third-order valence-electron chi connectivity index (χ3n) is 3.20. The quantitative estimate of drug-likeness (QED) is 0.494. The average molecular weight is 380 g/mol. The number of hydrogen-bond donors (Lipinski definition) is 1. The molecule has 0 aliphatic heterocycles. The van der Waals surface area contributed by atoms with E-state index in [9.17, 15) is 8.78 Å². The van der Waals surface area contributed by atoms with Crippen LogP contribution in [0.5, 0.6) is 11.5 Å². The topological polar surface area (TPSA) is 77.6 Å². The van der Waals surface area contributed by atoms with Crippen LogP contribution < -0.4 is 9.47 Å². The van der Waals surface area contributed by atoms with E-state index < -0.39 is 6.61 Å². The largest absolute Gasteiger partial charge is 0.490 e. The molecule has 3 rings (SSSR count). The smallest absolute Gasteiger partial charge is 0.387 e. The van der Waals surface area contributed by atoms with Gasteiger partial charge in [-0.1, -0.05) is 0 Å². The number of nitrogens with one attached hydrogen (secondary N) is 1. The fourth-order valence-electron chi connectivity index (χ4n) is 2.16. The van der Waals surface area contributed by atoms with Crippen LogP contribution in [0.4, 0.5) is 8.78 Å². The standard InChI is InChI=1S/C16H14F2N4O3S/c1-2-23-13-8-10(5-6-11(13)25-15(17)18)9-19-22-14(20-21-16(22)26)12-4-3-7-24-12/h3-9,15H,2H2,1H3,(H,21,26)/b19-9+. The second-order valence-corrected chi connectivity index (χ2v) is 5.29. The summed E-state index contributed by atoms with van der Waals surface area (Å²) in [5, 5.41) is 11.0. The molecular formula is C16H14F2N4O3S. The molecule has 26 heavy (non-hydrogen) atoms. The van der Waals surface area contributed by atoms with Gasteiger partial charge in [0.05, 0.1) is 19.1 Å². The van der Waals surface area contributed by atoms with E-state index in [1.165, 1.54) is 23.2 Å². The van der Waals surface area contributed by atoms with Crippen molar-refractivity contribution in [2.24, 2.45) is 5.10 Å². The van der Waals surface area contributed by atoms with Crippen LogP contribution >= 0.6 is 12.2 Å². The van der Waals surface area contributed by atoms with Crippen molar-refractivity contribution in [3.8, 4) is 23.1 Å². The zero-order valence-corrected chi connectivity index (χ0v) is 14.4. The van der Waals surface area contributed by atoms with Crippen molar-refractivity contribution in [3.63, 3.8) is 0 Å². The SMILES string of the molecule is CCOc1cc(/C=N/n2c(-c3ccco3)n[nH]c2=S)ccc1OC(F)F. The molecule has 1 aromatic carbocycles. The Hall–Kier alpha value is -3.01. The van der Waals surface area contributed by atoms with Gasteiger partial charge in [0, 0.05) is 0 Å². The zero-order chi connectivity index (χ0) is 18.5. The Morgan fingerprint density at radius 1 is 1.38 bits per heavy atom. The van der Waals surface area contributed by atoms with Crippen molar-refractivity contribution in [3.05, 3.63) is 46.9 Å². The lowest BCUT2D eigenvalue weighted by molar-refractivity contribution is -0.0514. The van der Waals surface area contributed by atoms with Crippen LogP contribution in [0.15, 0.2) is 46.1 Å². The number of hydrogen-bond acceptors (Lipinski definition) is 6. The molecule has 2 aromatic heterocycles. The Morgan fingerprint density at radius 2 is 2.23 bits per heavy atom. The molecule has 10 heteroatoms. The lowest BCUT2D eigenvalue weighted by Gasteiger charge is -2.11. The van der Waals surface area contributed by atoms with Gasteiger partial charge in [0.15, 0.2) is 17.3 Å². The third-order valence-corrected chi connectivity index (χ3v) is 3.46. The predicted molar refractivity (Wildman–Crippen MR) is 92.3 cm³/mol. The highest BCUT2D eigenvalue weighted by Crippen LogP contribution is 2.29. The van der Waals surface area contributed by atoms with E-state index in [1.807, 2.05) is 0 Å². The van der Waals surface area contributed by atoms with E-state index >= 15 is 0 Å². The fourth-order valence-corrected chi connectivity index (χ4v) is 2.33. The highest BCUT2D eigenvalue weighted by atomic mass is 32.1. The Bertz CT molecular complexity index is 951. The molecule has 2 heterocycles. The van der Waals surface area contributed by atoms with Gasteiger partial charge in [-0.3, -0.25) is 0 Å². The molecule has 0 amide bonds. The van der Waals surface area contributed by atoms with E-state index in [0.717, 1.165) is 0 Å². The van der Waals surface area contributed by atoms with E-state index in [0.29, 0.717) is 23.8 Å². The second kappa shape index (κ2) is 7.91. The maximum atomic E-state index is 12.5. The van der Waals surface area contributed by atoms with Gasteiger partial charge in [0.1, 0.15) is 0 Å². The molecule has 3 aromatic rings. The van der Waals surface area contributed by atoms with Gasteiger partial charge in [-0.25, -0.2) is 5.10 Å². The first-order chi connectivity index (χ1) is 12.6. The van der Waals surface area contributed by atoms with Gasteiger partial charge in [-0.15, -0.1) is 5.10 Å². The van der Waals surface area contributed by atoms with Crippen molar-refractivity contribution in [2.45, 2.75) is 13.5 Å².